The van der Waals surface area contributed by atoms with Crippen molar-refractivity contribution in [2.24, 2.45) is 5.73 Å². The van der Waals surface area contributed by atoms with Gasteiger partial charge in [-0.25, -0.2) is 0 Å². The van der Waals surface area contributed by atoms with E-state index in [0.717, 1.165) is 39.0 Å². The lowest BCUT2D eigenvalue weighted by molar-refractivity contribution is -0.120. The van der Waals surface area contributed by atoms with Gasteiger partial charge in [0.1, 0.15) is 0 Å². The highest BCUT2D eigenvalue weighted by Crippen LogP contribution is 2.02. The summed E-state index contributed by atoms with van der Waals surface area (Å²) < 4.78 is 0. The molecule has 0 fully saturated rings. The molecular weight excluding hydrogens is 238 g/mol. The van der Waals surface area contributed by atoms with Crippen LogP contribution in [0.25, 0.3) is 0 Å². The van der Waals surface area contributed by atoms with E-state index in [-0.39, 0.29) is 11.9 Å². The number of carbonyl (C=O) groups excluding carboxylic acids is 1. The van der Waals surface area contributed by atoms with Crippen molar-refractivity contribution < 1.29 is 4.79 Å². The van der Waals surface area contributed by atoms with Crippen molar-refractivity contribution >= 4 is 5.91 Å². The smallest absolute Gasteiger partial charge is 0.234 e. The first-order valence-electron chi connectivity index (χ1n) is 7.90. The molecule has 1 unspecified atom stereocenters. The number of rotatable bonds is 13. The predicted molar refractivity (Wildman–Crippen MR) is 82.1 cm³/mol. The highest BCUT2D eigenvalue weighted by molar-refractivity contribution is 5.79. The summed E-state index contributed by atoms with van der Waals surface area (Å²) >= 11 is 0. The summed E-state index contributed by atoms with van der Waals surface area (Å²) in [6.45, 7) is 10.6. The molecule has 0 heterocycles. The molecule has 4 heteroatoms. The lowest BCUT2D eigenvalue weighted by Gasteiger charge is -2.24. The molecule has 114 valence electrons. The third-order valence-corrected chi connectivity index (χ3v) is 3.37. The Labute approximate surface area is 119 Å². The molecule has 0 aromatic heterocycles. The van der Waals surface area contributed by atoms with Gasteiger partial charge in [-0.2, -0.15) is 0 Å². The maximum atomic E-state index is 11.4. The van der Waals surface area contributed by atoms with Gasteiger partial charge >= 0.3 is 0 Å². The largest absolute Gasteiger partial charge is 0.368 e. The van der Waals surface area contributed by atoms with Gasteiger partial charge in [0, 0.05) is 6.54 Å². The van der Waals surface area contributed by atoms with Gasteiger partial charge in [0.25, 0.3) is 0 Å². The number of hydrogen-bond donors (Lipinski definition) is 2. The Bertz CT molecular complexity index is 213. The van der Waals surface area contributed by atoms with Crippen LogP contribution in [0.4, 0.5) is 0 Å². The van der Waals surface area contributed by atoms with Crippen LogP contribution in [0, 0.1) is 0 Å². The Kier molecular flexibility index (Phi) is 12.0. The lowest BCUT2D eigenvalue weighted by Crippen LogP contribution is -2.44. The predicted octanol–water partition coefficient (Wildman–Crippen LogP) is 2.13. The molecule has 0 spiro atoms. The van der Waals surface area contributed by atoms with E-state index in [1.165, 1.54) is 25.7 Å². The van der Waals surface area contributed by atoms with Crippen molar-refractivity contribution in [3.05, 3.63) is 0 Å². The molecule has 1 amide bonds. The van der Waals surface area contributed by atoms with E-state index in [2.05, 4.69) is 31.0 Å². The zero-order valence-corrected chi connectivity index (χ0v) is 13.1. The van der Waals surface area contributed by atoms with E-state index in [1.807, 2.05) is 0 Å². The first-order chi connectivity index (χ1) is 9.15. The first kappa shape index (κ1) is 18.4. The first-order valence-corrected chi connectivity index (χ1v) is 7.90. The maximum absolute atomic E-state index is 11.4. The fourth-order valence-corrected chi connectivity index (χ4v) is 2.07. The van der Waals surface area contributed by atoms with Gasteiger partial charge < -0.3 is 16.0 Å². The highest BCUT2D eigenvalue weighted by atomic mass is 16.1. The molecule has 4 nitrogen and oxygen atoms in total. The minimum absolute atomic E-state index is 0.175. The average molecular weight is 271 g/mol. The Morgan fingerprint density at radius 2 is 1.63 bits per heavy atom. The van der Waals surface area contributed by atoms with Crippen LogP contribution in [0.5, 0.6) is 0 Å². The van der Waals surface area contributed by atoms with Crippen LogP contribution in [0.2, 0.25) is 0 Å². The molecule has 0 aromatic rings. The maximum Gasteiger partial charge on any atom is 0.234 e. The molecule has 0 aromatic carbocycles. The molecule has 0 aliphatic rings. The van der Waals surface area contributed by atoms with E-state index in [1.54, 1.807) is 0 Å². The number of nitrogens with one attached hydrogen (secondary N) is 1. The number of carbonyl (C=O) groups is 1. The monoisotopic (exact) mass is 271 g/mol. The second-order valence-electron chi connectivity index (χ2n) is 5.25. The van der Waals surface area contributed by atoms with Crippen LogP contribution >= 0.6 is 0 Å². The summed E-state index contributed by atoms with van der Waals surface area (Å²) in [6.07, 6.45) is 6.74. The van der Waals surface area contributed by atoms with Gasteiger partial charge in [-0.15, -0.1) is 0 Å². The number of amides is 1. The molecule has 0 aliphatic carbocycles. The summed E-state index contributed by atoms with van der Waals surface area (Å²) in [5.74, 6) is -0.223. The van der Waals surface area contributed by atoms with Crippen molar-refractivity contribution in [1.82, 2.24) is 10.2 Å². The van der Waals surface area contributed by atoms with Crippen LogP contribution in [0.3, 0.4) is 0 Å². The van der Waals surface area contributed by atoms with Crippen LogP contribution in [0.1, 0.15) is 59.3 Å². The third-order valence-electron chi connectivity index (χ3n) is 3.37. The van der Waals surface area contributed by atoms with E-state index in [9.17, 15) is 4.79 Å². The zero-order chi connectivity index (χ0) is 14.5. The van der Waals surface area contributed by atoms with Crippen LogP contribution in [0.15, 0.2) is 0 Å². The second-order valence-corrected chi connectivity index (χ2v) is 5.25. The van der Waals surface area contributed by atoms with Gasteiger partial charge in [-0.05, 0) is 45.3 Å². The van der Waals surface area contributed by atoms with Gasteiger partial charge in [0.05, 0.1) is 6.04 Å². The van der Waals surface area contributed by atoms with Crippen molar-refractivity contribution in [2.75, 3.05) is 26.2 Å². The van der Waals surface area contributed by atoms with Crippen LogP contribution < -0.4 is 11.1 Å². The standard InChI is InChI=1S/C15H33N3O/c1-4-7-11-18(12-8-5-2)13-9-14(15(16)19)17-10-6-3/h14,17H,4-13H2,1-3H3,(H2,16,19). The minimum atomic E-state index is -0.223. The summed E-state index contributed by atoms with van der Waals surface area (Å²) in [7, 11) is 0. The fourth-order valence-electron chi connectivity index (χ4n) is 2.07. The Morgan fingerprint density at radius 3 is 2.05 bits per heavy atom. The number of unbranched alkanes of at least 4 members (excludes halogenated alkanes) is 2. The van der Waals surface area contributed by atoms with Crippen molar-refractivity contribution in [3.63, 3.8) is 0 Å². The highest BCUT2D eigenvalue weighted by Gasteiger charge is 2.15. The second kappa shape index (κ2) is 12.4. The minimum Gasteiger partial charge on any atom is -0.368 e. The van der Waals surface area contributed by atoms with Gasteiger partial charge in [0.2, 0.25) is 5.91 Å². The molecule has 0 saturated heterocycles. The summed E-state index contributed by atoms with van der Waals surface area (Å²) in [5.41, 5.74) is 5.44. The van der Waals surface area contributed by atoms with Crippen LogP contribution in [-0.4, -0.2) is 43.0 Å². The molecule has 0 rings (SSSR count). The van der Waals surface area contributed by atoms with E-state index >= 15 is 0 Å². The lowest BCUT2D eigenvalue weighted by atomic mass is 10.1. The van der Waals surface area contributed by atoms with E-state index in [0.29, 0.717) is 0 Å². The number of nitrogens with zero attached hydrogens (tertiary/aromatic N) is 1. The summed E-state index contributed by atoms with van der Waals surface area (Å²) in [4.78, 5) is 13.9. The van der Waals surface area contributed by atoms with Gasteiger partial charge in [-0.1, -0.05) is 33.6 Å². The number of primary amides is 1. The molecule has 3 N–H and O–H groups in total. The number of hydrogen-bond acceptors (Lipinski definition) is 3. The van der Waals surface area contributed by atoms with Crippen molar-refractivity contribution in [3.8, 4) is 0 Å². The van der Waals surface area contributed by atoms with E-state index < -0.39 is 0 Å². The van der Waals surface area contributed by atoms with Crippen LogP contribution in [-0.2, 0) is 4.79 Å². The Morgan fingerprint density at radius 1 is 1.05 bits per heavy atom. The number of nitrogens with two attached hydrogens (primary N) is 1. The zero-order valence-electron chi connectivity index (χ0n) is 13.1. The molecule has 19 heavy (non-hydrogen) atoms. The van der Waals surface area contributed by atoms with Gasteiger partial charge in [0.15, 0.2) is 0 Å². The molecule has 0 radical (unpaired) electrons. The van der Waals surface area contributed by atoms with E-state index in [4.69, 9.17) is 5.73 Å². The molecule has 0 saturated carbocycles. The SMILES string of the molecule is CCCCN(CCCC)CCC(NCCC)C(N)=O. The topological polar surface area (TPSA) is 58.4 Å². The molecule has 1 atom stereocenters. The normalized spacial score (nSPS) is 12.8. The fraction of sp³-hybridized carbons (Fsp3) is 0.933. The molecule has 0 bridgehead atoms. The quantitative estimate of drug-likeness (QED) is 0.539. The average Bonchev–Trinajstić information content (AvgIpc) is 2.40. The third kappa shape index (κ3) is 9.91. The Hall–Kier alpha value is -0.610. The summed E-state index contributed by atoms with van der Waals surface area (Å²) in [5, 5.41) is 3.24. The molecular formula is C15H33N3O. The summed E-state index contributed by atoms with van der Waals surface area (Å²) in [6, 6.07) is -0.175. The Balaban J connectivity index is 4.10. The van der Waals surface area contributed by atoms with Crippen molar-refractivity contribution in [1.29, 1.82) is 0 Å². The molecule has 0 aliphatic heterocycles. The van der Waals surface area contributed by atoms with Gasteiger partial charge in [-0.3, -0.25) is 4.79 Å². The van der Waals surface area contributed by atoms with Crippen molar-refractivity contribution in [2.45, 2.75) is 65.3 Å².